The summed E-state index contributed by atoms with van der Waals surface area (Å²) in [6.07, 6.45) is 0. The largest absolute Gasteiger partial charge is 0.456 e. The number of aromatic nitrogens is 1. The third kappa shape index (κ3) is 6.82. The van der Waals surface area contributed by atoms with Crippen LogP contribution in [0.15, 0.2) is 294 Å². The average molecular weight is 1150 g/mol. The number of para-hydroxylation sites is 5. The molecule has 0 fully saturated rings. The van der Waals surface area contributed by atoms with Gasteiger partial charge in [-0.15, -0.1) is 0 Å². The first-order valence-corrected chi connectivity index (χ1v) is 30.2. The Bertz CT molecular complexity index is 6380. The van der Waals surface area contributed by atoms with Gasteiger partial charge < -0.3 is 23.2 Å². The number of nitriles is 1. The summed E-state index contributed by atoms with van der Waals surface area (Å²) in [5.41, 5.74) is 14.2. The lowest BCUT2D eigenvalue weighted by Crippen LogP contribution is -2.61. The Morgan fingerprint density at radius 3 is 1.34 bits per heavy atom. The maximum absolute atomic E-state index is 10.7. The van der Waals surface area contributed by atoms with Gasteiger partial charge in [0.05, 0.1) is 49.3 Å². The fourth-order valence-electron chi connectivity index (χ4n) is 15.2. The predicted octanol–water partition coefficient (Wildman–Crippen LogP) is 20.5. The number of rotatable bonds is 5. The summed E-state index contributed by atoms with van der Waals surface area (Å²) in [6, 6.07) is 83.5. The highest BCUT2D eigenvalue weighted by Crippen LogP contribution is 2.53. The van der Waals surface area contributed by atoms with Gasteiger partial charge in [-0.2, -0.15) is 5.26 Å². The molecule has 2 aliphatic heterocycles. The van der Waals surface area contributed by atoms with Crippen LogP contribution in [0.1, 0.15) is 15.2 Å². The lowest BCUT2D eigenvalue weighted by atomic mass is 9.33. The van der Waals surface area contributed by atoms with Gasteiger partial charge in [-0.25, -0.2) is 0 Å². The first-order valence-electron chi connectivity index (χ1n) is 33.7. The van der Waals surface area contributed by atoms with E-state index in [1.807, 2.05) is 42.5 Å². The molecule has 0 atom stereocenters. The average Bonchev–Trinajstić information content (AvgIpc) is 1.67. The van der Waals surface area contributed by atoms with Crippen molar-refractivity contribution < 1.29 is 18.4 Å². The number of hydrogen-bond donors (Lipinski definition) is 0. The zero-order valence-electron chi connectivity index (χ0n) is 54.8. The van der Waals surface area contributed by atoms with Gasteiger partial charge in [0, 0.05) is 66.2 Å². The van der Waals surface area contributed by atoms with Crippen molar-refractivity contribution >= 4 is 166 Å². The van der Waals surface area contributed by atoms with Crippen molar-refractivity contribution in [3.8, 4) is 34.0 Å². The van der Waals surface area contributed by atoms with Crippen LogP contribution in [0, 0.1) is 11.3 Å². The van der Waals surface area contributed by atoms with Crippen LogP contribution in [0.2, 0.25) is 0 Å². The van der Waals surface area contributed by atoms with E-state index in [0.29, 0.717) is 28.2 Å². The number of benzene rings is 15. The van der Waals surface area contributed by atoms with Crippen LogP contribution < -0.4 is 26.2 Å². The quantitative estimate of drug-likeness (QED) is 0.127. The standard InChI is InChI=1S/C83H47BN4O2/c85-48-49-37-38-74-66(39-49)61-29-11-14-32-71(61)86(74)52-42-77-83-78(43-52)88(73-34-16-10-28-60(73)65-41-51-20-2-4-22-54(51)56-24-6-8-26-58(56)65)76-45-68-63-31-13-18-36-80(63)90-82(68)47-70(76)84(83)69-46-81-67(62-30-12-17-35-79(62)89-81)44-75(69)87(77)72-33-15-9-27-59(72)64-40-50-19-1-3-21-53(50)55-23-5-7-25-57(55)64/h1-47H/i11D,14D,29D,32D,37D,38D,39D. The monoisotopic (exact) mass is 1150 g/mol. The van der Waals surface area contributed by atoms with Gasteiger partial charge >= 0.3 is 0 Å². The van der Waals surface area contributed by atoms with E-state index in [2.05, 4.69) is 216 Å². The third-order valence-electron chi connectivity index (χ3n) is 19.0. The van der Waals surface area contributed by atoms with Crippen LogP contribution in [-0.2, 0) is 0 Å². The van der Waals surface area contributed by atoms with Crippen LogP contribution in [0.4, 0.5) is 34.1 Å². The van der Waals surface area contributed by atoms with Crippen molar-refractivity contribution in [2.24, 2.45) is 0 Å². The van der Waals surface area contributed by atoms with Crippen LogP contribution in [-0.4, -0.2) is 11.3 Å². The lowest BCUT2D eigenvalue weighted by Gasteiger charge is -2.45. The molecule has 0 aliphatic carbocycles. The summed E-state index contributed by atoms with van der Waals surface area (Å²) >= 11 is 0. The van der Waals surface area contributed by atoms with E-state index in [0.717, 1.165) is 137 Å². The number of hydrogen-bond acceptors (Lipinski definition) is 5. The molecule has 0 spiro atoms. The molecule has 0 bridgehead atoms. The van der Waals surface area contributed by atoms with Gasteiger partial charge in [0.15, 0.2) is 0 Å². The van der Waals surface area contributed by atoms with E-state index in [1.54, 1.807) is 4.57 Å². The zero-order chi connectivity index (χ0) is 65.0. The maximum atomic E-state index is 10.7. The zero-order valence-corrected chi connectivity index (χ0v) is 47.8. The predicted molar refractivity (Wildman–Crippen MR) is 375 cm³/mol. The molecule has 90 heavy (non-hydrogen) atoms. The second-order valence-electron chi connectivity index (χ2n) is 23.6. The van der Waals surface area contributed by atoms with Crippen molar-refractivity contribution in [3.05, 3.63) is 291 Å². The molecule has 0 unspecified atom stereocenters. The first-order chi connectivity index (χ1) is 47.5. The molecule has 0 saturated carbocycles. The van der Waals surface area contributed by atoms with Crippen LogP contribution in [0.3, 0.4) is 0 Å². The Morgan fingerprint density at radius 2 is 0.800 bits per heavy atom. The molecule has 20 rings (SSSR count). The number of nitrogens with zero attached hydrogens (tertiary/aromatic N) is 4. The van der Waals surface area contributed by atoms with Gasteiger partial charge in [0.1, 0.15) is 22.3 Å². The van der Waals surface area contributed by atoms with E-state index in [4.69, 9.17) is 10.2 Å². The van der Waals surface area contributed by atoms with E-state index in [-0.39, 0.29) is 27.4 Å². The highest BCUT2D eigenvalue weighted by atomic mass is 16.3. The fraction of sp³-hybridized carbons (Fsp3) is 0. The van der Waals surface area contributed by atoms with Gasteiger partial charge in [0.25, 0.3) is 6.71 Å². The summed E-state index contributed by atoms with van der Waals surface area (Å²) in [4.78, 5) is 4.68. The number of furan rings is 2. The van der Waals surface area contributed by atoms with Gasteiger partial charge in [-0.05, 0) is 168 Å². The highest BCUT2D eigenvalue weighted by molar-refractivity contribution is 7.00. The summed E-state index contributed by atoms with van der Waals surface area (Å²) in [7, 11) is 0. The molecular weight excluding hydrogens is 1100 g/mol. The molecular formula is C83H47BN4O2. The minimum atomic E-state index is -0.561. The summed E-state index contributed by atoms with van der Waals surface area (Å²) < 4.78 is 83.0. The highest BCUT2D eigenvalue weighted by Gasteiger charge is 2.46. The van der Waals surface area contributed by atoms with E-state index in [9.17, 15) is 13.5 Å². The Hall–Kier alpha value is -12.1. The van der Waals surface area contributed by atoms with Gasteiger partial charge in [-0.1, -0.05) is 188 Å². The molecule has 18 aromatic rings. The second kappa shape index (κ2) is 18.5. The van der Waals surface area contributed by atoms with E-state index >= 15 is 0 Å². The molecule has 414 valence electrons. The van der Waals surface area contributed by atoms with Crippen LogP contribution >= 0.6 is 0 Å². The van der Waals surface area contributed by atoms with Gasteiger partial charge in [0.2, 0.25) is 0 Å². The van der Waals surface area contributed by atoms with Crippen molar-refractivity contribution in [1.29, 1.82) is 5.26 Å². The first kappa shape index (κ1) is 42.7. The molecule has 0 N–H and O–H groups in total. The Kier molecular flexibility index (Phi) is 8.75. The Balaban J connectivity index is 1.00. The molecule has 3 aromatic heterocycles. The SMILES string of the molecule is [2H]c1c([2H])c([2H])c2c(c1[2H])c1c([2H])c(C#N)c([2H])c([2H])c1n2-c1cc2c3c(c1)N(c1ccccc1-c1cc4ccccc4c4ccccc14)c1cc4c(cc1B3c1cc3oc5ccccc5c3cc1N2c1ccccc1-c1cc2ccccc2c2ccccc12)oc1ccccc14. The number of anilines is 6. The number of fused-ring (bicyclic) bond motifs is 19. The molecule has 0 saturated heterocycles. The van der Waals surface area contributed by atoms with Gasteiger partial charge in [-0.3, -0.25) is 0 Å². The summed E-state index contributed by atoms with van der Waals surface area (Å²) in [5, 5.41) is 23.0. The van der Waals surface area contributed by atoms with Crippen molar-refractivity contribution in [2.45, 2.75) is 0 Å². The minimum absolute atomic E-state index is 0.00377. The van der Waals surface area contributed by atoms with Crippen LogP contribution in [0.25, 0.3) is 137 Å². The summed E-state index contributed by atoms with van der Waals surface area (Å²) in [6.45, 7) is -0.561. The van der Waals surface area contributed by atoms with Crippen molar-refractivity contribution in [2.75, 3.05) is 9.80 Å². The topological polar surface area (TPSA) is 61.5 Å². The molecule has 6 nitrogen and oxygen atoms in total. The second-order valence-corrected chi connectivity index (χ2v) is 23.6. The molecule has 15 aromatic carbocycles. The lowest BCUT2D eigenvalue weighted by molar-refractivity contribution is 0.669. The maximum Gasteiger partial charge on any atom is 0.252 e. The Labute approximate surface area is 526 Å². The Morgan fingerprint density at radius 1 is 0.344 bits per heavy atom. The molecule has 0 amide bonds. The minimum Gasteiger partial charge on any atom is -0.456 e. The van der Waals surface area contributed by atoms with E-state index < -0.39 is 49.0 Å². The van der Waals surface area contributed by atoms with Crippen LogP contribution in [0.5, 0.6) is 0 Å². The molecule has 2 aliphatic rings. The van der Waals surface area contributed by atoms with E-state index in [1.165, 1.54) is 0 Å². The normalized spacial score (nSPS) is 13.9. The molecule has 7 heteroatoms. The molecule has 5 heterocycles. The third-order valence-corrected chi connectivity index (χ3v) is 19.0. The molecule has 0 radical (unpaired) electrons. The summed E-state index contributed by atoms with van der Waals surface area (Å²) in [5.74, 6) is 0. The fourth-order valence-corrected chi connectivity index (χ4v) is 15.2. The van der Waals surface area contributed by atoms with Crippen molar-refractivity contribution in [3.63, 3.8) is 0 Å². The van der Waals surface area contributed by atoms with Crippen molar-refractivity contribution in [1.82, 2.24) is 4.57 Å². The smallest absolute Gasteiger partial charge is 0.252 e.